The van der Waals surface area contributed by atoms with Crippen molar-refractivity contribution in [2.45, 2.75) is 27.7 Å². The number of nitrogens with one attached hydrogen (secondary N) is 1. The summed E-state index contributed by atoms with van der Waals surface area (Å²) in [7, 11) is 0. The van der Waals surface area contributed by atoms with E-state index in [4.69, 9.17) is 16.3 Å². The van der Waals surface area contributed by atoms with Crippen molar-refractivity contribution in [3.05, 3.63) is 63.0 Å². The minimum atomic E-state index is 0.572. The molecular weight excluding hydrogens is 378 g/mol. The highest BCUT2D eigenvalue weighted by Crippen LogP contribution is 2.31. The summed E-state index contributed by atoms with van der Waals surface area (Å²) in [5.41, 5.74) is 9.77. The third-order valence-electron chi connectivity index (χ3n) is 4.07. The molecule has 1 heterocycles. The number of nitrogens with zero attached hydrogens (tertiary/aromatic N) is 2. The van der Waals surface area contributed by atoms with E-state index in [-0.39, 0.29) is 0 Å². The van der Waals surface area contributed by atoms with Gasteiger partial charge in [-0.15, -0.1) is 11.3 Å². The van der Waals surface area contributed by atoms with Gasteiger partial charge in [0.15, 0.2) is 0 Å². The second kappa shape index (κ2) is 8.55. The normalized spacial score (nSPS) is 11.1. The number of anilines is 1. The SMILES string of the molecule is CCOc1ccc(/C=N\Nc2nc(-c3c(C)cc(C)cc3C)cs2)cc1Cl. The number of thiazole rings is 1. The second-order valence-electron chi connectivity index (χ2n) is 6.30. The topological polar surface area (TPSA) is 46.5 Å². The first-order valence-electron chi connectivity index (χ1n) is 8.73. The summed E-state index contributed by atoms with van der Waals surface area (Å²) in [5, 5.41) is 7.64. The molecule has 2 aromatic carbocycles. The molecule has 0 fully saturated rings. The van der Waals surface area contributed by atoms with Crippen molar-refractivity contribution in [2.24, 2.45) is 5.10 Å². The monoisotopic (exact) mass is 399 g/mol. The average Bonchev–Trinajstić information content (AvgIpc) is 3.05. The van der Waals surface area contributed by atoms with E-state index in [2.05, 4.69) is 53.8 Å². The highest BCUT2D eigenvalue weighted by atomic mass is 35.5. The number of hydrogen-bond donors (Lipinski definition) is 1. The second-order valence-corrected chi connectivity index (χ2v) is 7.57. The average molecular weight is 400 g/mol. The summed E-state index contributed by atoms with van der Waals surface area (Å²) in [6, 6.07) is 9.95. The van der Waals surface area contributed by atoms with E-state index >= 15 is 0 Å². The van der Waals surface area contributed by atoms with E-state index in [1.165, 1.54) is 33.6 Å². The van der Waals surface area contributed by atoms with E-state index in [9.17, 15) is 0 Å². The third-order valence-corrected chi connectivity index (χ3v) is 5.11. The Morgan fingerprint density at radius 3 is 2.59 bits per heavy atom. The van der Waals surface area contributed by atoms with Crippen LogP contribution >= 0.6 is 22.9 Å². The Hall–Kier alpha value is -2.37. The van der Waals surface area contributed by atoms with Crippen LogP contribution in [0.4, 0.5) is 5.13 Å². The molecule has 1 aromatic heterocycles. The fourth-order valence-electron chi connectivity index (χ4n) is 3.06. The number of ether oxygens (including phenoxy) is 1. The molecule has 1 N–H and O–H groups in total. The first-order chi connectivity index (χ1) is 13.0. The molecule has 0 saturated carbocycles. The third kappa shape index (κ3) is 4.67. The highest BCUT2D eigenvalue weighted by molar-refractivity contribution is 7.14. The van der Waals surface area contributed by atoms with Crippen molar-refractivity contribution in [3.8, 4) is 17.0 Å². The molecule has 6 heteroatoms. The fraction of sp³-hybridized carbons (Fsp3) is 0.238. The number of halogens is 1. The zero-order valence-electron chi connectivity index (χ0n) is 15.8. The first-order valence-corrected chi connectivity index (χ1v) is 9.99. The van der Waals surface area contributed by atoms with Crippen LogP contribution in [0.1, 0.15) is 29.2 Å². The van der Waals surface area contributed by atoms with Crippen LogP contribution in [0.2, 0.25) is 5.02 Å². The van der Waals surface area contributed by atoms with Gasteiger partial charge in [0, 0.05) is 10.9 Å². The first kappa shape index (κ1) is 19.4. The summed E-state index contributed by atoms with van der Waals surface area (Å²) in [5.74, 6) is 0.678. The van der Waals surface area contributed by atoms with Gasteiger partial charge in [-0.1, -0.05) is 29.3 Å². The van der Waals surface area contributed by atoms with Crippen molar-refractivity contribution < 1.29 is 4.74 Å². The zero-order valence-corrected chi connectivity index (χ0v) is 17.4. The van der Waals surface area contributed by atoms with Gasteiger partial charge in [-0.3, -0.25) is 5.43 Å². The molecule has 0 aliphatic rings. The van der Waals surface area contributed by atoms with Gasteiger partial charge in [-0.25, -0.2) is 4.98 Å². The lowest BCUT2D eigenvalue weighted by molar-refractivity contribution is 0.340. The highest BCUT2D eigenvalue weighted by Gasteiger charge is 2.10. The molecule has 27 heavy (non-hydrogen) atoms. The Kier molecular flexibility index (Phi) is 6.14. The van der Waals surface area contributed by atoms with Gasteiger partial charge in [-0.05, 0) is 62.6 Å². The molecule has 3 aromatic rings. The van der Waals surface area contributed by atoms with Crippen LogP contribution in [0.15, 0.2) is 40.8 Å². The minimum Gasteiger partial charge on any atom is -0.492 e. The standard InChI is InChI=1S/C21H22ClN3OS/c1-5-26-19-7-6-16(10-17(19)22)11-23-25-21-24-18(12-27-21)20-14(3)8-13(2)9-15(20)4/h6-12H,5H2,1-4H3,(H,24,25)/b23-11-. The van der Waals surface area contributed by atoms with Crippen molar-refractivity contribution in [1.29, 1.82) is 0 Å². The maximum absolute atomic E-state index is 6.20. The number of aryl methyl sites for hydroxylation is 3. The molecule has 0 unspecified atom stereocenters. The molecule has 0 radical (unpaired) electrons. The van der Waals surface area contributed by atoms with Gasteiger partial charge < -0.3 is 4.74 Å². The predicted octanol–water partition coefficient (Wildman–Crippen LogP) is 6.23. The summed E-state index contributed by atoms with van der Waals surface area (Å²) < 4.78 is 5.44. The van der Waals surface area contributed by atoms with Crippen LogP contribution in [-0.4, -0.2) is 17.8 Å². The lowest BCUT2D eigenvalue weighted by Crippen LogP contribution is -1.94. The zero-order chi connectivity index (χ0) is 19.4. The van der Waals surface area contributed by atoms with E-state index in [1.54, 1.807) is 6.21 Å². The van der Waals surface area contributed by atoms with E-state index in [0.29, 0.717) is 17.4 Å². The largest absolute Gasteiger partial charge is 0.492 e. The molecule has 0 saturated heterocycles. The van der Waals surface area contributed by atoms with Crippen molar-refractivity contribution in [3.63, 3.8) is 0 Å². The van der Waals surface area contributed by atoms with Crippen LogP contribution in [0, 0.1) is 20.8 Å². The lowest BCUT2D eigenvalue weighted by Gasteiger charge is -2.08. The molecule has 0 amide bonds. The molecule has 140 valence electrons. The minimum absolute atomic E-state index is 0.572. The van der Waals surface area contributed by atoms with E-state index in [0.717, 1.165) is 16.4 Å². The van der Waals surface area contributed by atoms with Crippen LogP contribution in [-0.2, 0) is 0 Å². The van der Waals surface area contributed by atoms with Crippen LogP contribution in [0.25, 0.3) is 11.3 Å². The number of aromatic nitrogens is 1. The summed E-state index contributed by atoms with van der Waals surface area (Å²) in [6.45, 7) is 8.86. The van der Waals surface area contributed by atoms with Crippen molar-refractivity contribution in [1.82, 2.24) is 4.98 Å². The lowest BCUT2D eigenvalue weighted by atomic mass is 9.98. The predicted molar refractivity (Wildman–Crippen MR) is 116 cm³/mol. The maximum atomic E-state index is 6.20. The van der Waals surface area contributed by atoms with Crippen molar-refractivity contribution in [2.75, 3.05) is 12.0 Å². The maximum Gasteiger partial charge on any atom is 0.203 e. The van der Waals surface area contributed by atoms with Crippen LogP contribution < -0.4 is 10.2 Å². The Morgan fingerprint density at radius 2 is 1.93 bits per heavy atom. The van der Waals surface area contributed by atoms with Crippen LogP contribution in [0.3, 0.4) is 0 Å². The smallest absolute Gasteiger partial charge is 0.203 e. The van der Waals surface area contributed by atoms with Gasteiger partial charge in [0.2, 0.25) is 5.13 Å². The molecule has 0 spiro atoms. The quantitative estimate of drug-likeness (QED) is 0.394. The number of hydrogen-bond acceptors (Lipinski definition) is 5. The molecular formula is C21H22ClN3OS. The van der Waals surface area contributed by atoms with E-state index in [1.807, 2.05) is 25.1 Å². The van der Waals surface area contributed by atoms with Crippen molar-refractivity contribution >= 4 is 34.3 Å². The summed E-state index contributed by atoms with van der Waals surface area (Å²) in [4.78, 5) is 4.67. The van der Waals surface area contributed by atoms with Gasteiger partial charge in [0.25, 0.3) is 0 Å². The molecule has 0 bridgehead atoms. The summed E-state index contributed by atoms with van der Waals surface area (Å²) >= 11 is 7.73. The Balaban J connectivity index is 1.72. The Morgan fingerprint density at radius 1 is 1.19 bits per heavy atom. The Labute approximate surface area is 168 Å². The molecule has 4 nitrogen and oxygen atoms in total. The van der Waals surface area contributed by atoms with Gasteiger partial charge >= 0.3 is 0 Å². The van der Waals surface area contributed by atoms with Gasteiger partial charge in [0.05, 0.1) is 23.5 Å². The van der Waals surface area contributed by atoms with Gasteiger partial charge in [-0.2, -0.15) is 5.10 Å². The van der Waals surface area contributed by atoms with Gasteiger partial charge in [0.1, 0.15) is 5.75 Å². The van der Waals surface area contributed by atoms with E-state index < -0.39 is 0 Å². The number of hydrazone groups is 1. The Bertz CT molecular complexity index is 958. The molecule has 0 aliphatic heterocycles. The number of benzene rings is 2. The summed E-state index contributed by atoms with van der Waals surface area (Å²) in [6.07, 6.45) is 1.71. The molecule has 0 atom stereocenters. The molecule has 3 rings (SSSR count). The molecule has 0 aliphatic carbocycles. The van der Waals surface area contributed by atoms with Crippen LogP contribution in [0.5, 0.6) is 5.75 Å². The fourth-order valence-corrected chi connectivity index (χ4v) is 3.95. The number of rotatable bonds is 6.